The second-order valence-electron chi connectivity index (χ2n) is 4.26. The number of rotatable bonds is 3. The van der Waals surface area contributed by atoms with E-state index in [2.05, 4.69) is 22.2 Å². The van der Waals surface area contributed by atoms with Crippen molar-refractivity contribution in [3.8, 4) is 0 Å². The van der Waals surface area contributed by atoms with Crippen molar-refractivity contribution in [2.45, 2.75) is 12.4 Å². The lowest BCUT2D eigenvalue weighted by Gasteiger charge is -1.98. The van der Waals surface area contributed by atoms with Gasteiger partial charge in [0.25, 0.3) is 0 Å². The Hall–Kier alpha value is -1.81. The predicted molar refractivity (Wildman–Crippen MR) is 71.6 cm³/mol. The zero-order valence-electron chi connectivity index (χ0n) is 10.0. The number of fused-ring (bicyclic) bond motifs is 1. The van der Waals surface area contributed by atoms with E-state index in [0.717, 1.165) is 16.9 Å². The quantitative estimate of drug-likeness (QED) is 0.679. The van der Waals surface area contributed by atoms with E-state index in [4.69, 9.17) is 11.6 Å². The van der Waals surface area contributed by atoms with Gasteiger partial charge in [-0.05, 0) is 6.07 Å². The summed E-state index contributed by atoms with van der Waals surface area (Å²) in [5.41, 5.74) is 3.08. The molecule has 3 aromatic rings. The first-order chi connectivity index (χ1) is 8.78. The van der Waals surface area contributed by atoms with Gasteiger partial charge in [0.15, 0.2) is 0 Å². The first-order valence-electron chi connectivity index (χ1n) is 5.75. The van der Waals surface area contributed by atoms with E-state index in [9.17, 15) is 0 Å². The second-order valence-corrected chi connectivity index (χ2v) is 4.53. The zero-order valence-corrected chi connectivity index (χ0v) is 10.8. The Labute approximate surface area is 110 Å². The highest BCUT2D eigenvalue weighted by Crippen LogP contribution is 2.18. The normalized spacial score (nSPS) is 11.2. The summed E-state index contributed by atoms with van der Waals surface area (Å²) in [6.45, 7) is 0.714. The minimum Gasteiger partial charge on any atom is -0.331 e. The lowest BCUT2D eigenvalue weighted by Crippen LogP contribution is -1.99. The van der Waals surface area contributed by atoms with Crippen LogP contribution in [0.15, 0.2) is 36.8 Å². The minimum atomic E-state index is 0.440. The number of para-hydroxylation sites is 1. The molecule has 2 heterocycles. The Balaban J connectivity index is 1.99. The molecule has 0 saturated heterocycles. The highest BCUT2D eigenvalue weighted by Gasteiger charge is 2.08. The van der Waals surface area contributed by atoms with Crippen LogP contribution in [0, 0.1) is 0 Å². The maximum Gasteiger partial charge on any atom is 0.0953 e. The third-order valence-corrected chi connectivity index (χ3v) is 3.26. The summed E-state index contributed by atoms with van der Waals surface area (Å²) >= 11 is 5.75. The molecule has 0 aliphatic carbocycles. The highest BCUT2D eigenvalue weighted by atomic mass is 35.5. The number of halogens is 1. The minimum absolute atomic E-state index is 0.440. The Bertz CT molecular complexity index is 683. The van der Waals surface area contributed by atoms with Crippen LogP contribution < -0.4 is 0 Å². The van der Waals surface area contributed by atoms with Gasteiger partial charge >= 0.3 is 0 Å². The molecule has 0 bridgehead atoms. The molecule has 0 fully saturated rings. The molecule has 0 amide bonds. The lowest BCUT2D eigenvalue weighted by molar-refractivity contribution is 0.718. The van der Waals surface area contributed by atoms with E-state index >= 15 is 0 Å². The van der Waals surface area contributed by atoms with Crippen LogP contribution in [-0.4, -0.2) is 19.3 Å². The van der Waals surface area contributed by atoms with Crippen molar-refractivity contribution in [3.05, 3.63) is 48.2 Å². The molecule has 0 aliphatic rings. The van der Waals surface area contributed by atoms with Crippen LogP contribution in [0.2, 0.25) is 0 Å². The average Bonchev–Trinajstić information content (AvgIpc) is 2.97. The second kappa shape index (κ2) is 4.46. The van der Waals surface area contributed by atoms with Gasteiger partial charge in [-0.15, -0.1) is 11.6 Å². The van der Waals surface area contributed by atoms with Crippen LogP contribution in [0.4, 0.5) is 0 Å². The SMILES string of the molecule is Cn1nc(Cn2cnc(CCl)c2)c2ccccc21. The molecule has 0 radical (unpaired) electrons. The number of aryl methyl sites for hydroxylation is 1. The molecular formula is C13H13ClN4. The third-order valence-electron chi connectivity index (χ3n) is 2.99. The maximum atomic E-state index is 5.75. The average molecular weight is 261 g/mol. The van der Waals surface area contributed by atoms with Gasteiger partial charge in [-0.1, -0.05) is 18.2 Å². The van der Waals surface area contributed by atoms with E-state index in [1.165, 1.54) is 5.39 Å². The molecule has 0 aliphatic heterocycles. The molecule has 0 saturated carbocycles. The molecule has 3 rings (SSSR count). The monoisotopic (exact) mass is 260 g/mol. The van der Waals surface area contributed by atoms with Crippen LogP contribution in [0.5, 0.6) is 0 Å². The van der Waals surface area contributed by atoms with Gasteiger partial charge in [-0.25, -0.2) is 4.98 Å². The number of imidazole rings is 1. The summed E-state index contributed by atoms with van der Waals surface area (Å²) in [5, 5.41) is 5.74. The fourth-order valence-corrected chi connectivity index (χ4v) is 2.28. The summed E-state index contributed by atoms with van der Waals surface area (Å²) in [7, 11) is 1.96. The Morgan fingerprint density at radius 1 is 1.28 bits per heavy atom. The number of benzene rings is 1. The van der Waals surface area contributed by atoms with Gasteiger partial charge in [0.2, 0.25) is 0 Å². The first kappa shape index (κ1) is 11.3. The van der Waals surface area contributed by atoms with Crippen LogP contribution >= 0.6 is 11.6 Å². The zero-order chi connectivity index (χ0) is 12.5. The van der Waals surface area contributed by atoms with Gasteiger partial charge in [0, 0.05) is 18.6 Å². The fourth-order valence-electron chi connectivity index (χ4n) is 2.14. The van der Waals surface area contributed by atoms with E-state index < -0.39 is 0 Å². The number of aromatic nitrogens is 4. The summed E-state index contributed by atoms with van der Waals surface area (Å²) in [6, 6.07) is 8.23. The van der Waals surface area contributed by atoms with Gasteiger partial charge in [0.05, 0.1) is 35.7 Å². The van der Waals surface area contributed by atoms with Crippen LogP contribution in [0.3, 0.4) is 0 Å². The molecule has 2 aromatic heterocycles. The topological polar surface area (TPSA) is 35.6 Å². The first-order valence-corrected chi connectivity index (χ1v) is 6.28. The number of hydrogen-bond donors (Lipinski definition) is 0. The van der Waals surface area contributed by atoms with E-state index in [1.807, 2.05) is 34.6 Å². The van der Waals surface area contributed by atoms with Crippen LogP contribution in [0.25, 0.3) is 10.9 Å². The van der Waals surface area contributed by atoms with Crippen molar-refractivity contribution >= 4 is 22.5 Å². The molecule has 4 nitrogen and oxygen atoms in total. The number of alkyl halides is 1. The number of hydrogen-bond acceptors (Lipinski definition) is 2. The molecule has 5 heteroatoms. The van der Waals surface area contributed by atoms with Crippen molar-refractivity contribution in [1.29, 1.82) is 0 Å². The highest BCUT2D eigenvalue weighted by molar-refractivity contribution is 6.16. The van der Waals surface area contributed by atoms with Crippen molar-refractivity contribution in [2.75, 3.05) is 0 Å². The number of nitrogens with zero attached hydrogens (tertiary/aromatic N) is 4. The van der Waals surface area contributed by atoms with Gasteiger partial charge in [-0.3, -0.25) is 4.68 Å². The van der Waals surface area contributed by atoms with E-state index in [0.29, 0.717) is 12.4 Å². The Morgan fingerprint density at radius 2 is 2.11 bits per heavy atom. The van der Waals surface area contributed by atoms with Crippen molar-refractivity contribution in [1.82, 2.24) is 19.3 Å². The largest absolute Gasteiger partial charge is 0.331 e. The van der Waals surface area contributed by atoms with Crippen LogP contribution in [-0.2, 0) is 19.5 Å². The molecule has 0 unspecified atom stereocenters. The van der Waals surface area contributed by atoms with E-state index in [1.54, 1.807) is 6.33 Å². The third kappa shape index (κ3) is 1.88. The van der Waals surface area contributed by atoms with Crippen LogP contribution in [0.1, 0.15) is 11.4 Å². The van der Waals surface area contributed by atoms with E-state index in [-0.39, 0.29) is 0 Å². The predicted octanol–water partition coefficient (Wildman–Crippen LogP) is 2.56. The molecule has 0 atom stereocenters. The van der Waals surface area contributed by atoms with Gasteiger partial charge < -0.3 is 4.57 Å². The van der Waals surface area contributed by atoms with Crippen molar-refractivity contribution < 1.29 is 0 Å². The Kier molecular flexibility index (Phi) is 2.80. The summed E-state index contributed by atoms with van der Waals surface area (Å²) in [5.74, 6) is 0.440. The smallest absolute Gasteiger partial charge is 0.0953 e. The van der Waals surface area contributed by atoms with Crippen molar-refractivity contribution in [3.63, 3.8) is 0 Å². The van der Waals surface area contributed by atoms with Gasteiger partial charge in [0.1, 0.15) is 0 Å². The molecule has 92 valence electrons. The summed E-state index contributed by atoms with van der Waals surface area (Å²) in [6.07, 6.45) is 3.75. The fraction of sp³-hybridized carbons (Fsp3) is 0.231. The summed E-state index contributed by atoms with van der Waals surface area (Å²) in [4.78, 5) is 4.21. The molecule has 0 spiro atoms. The maximum absolute atomic E-state index is 5.75. The van der Waals surface area contributed by atoms with Crippen molar-refractivity contribution in [2.24, 2.45) is 7.05 Å². The molecule has 1 aromatic carbocycles. The summed E-state index contributed by atoms with van der Waals surface area (Å²) < 4.78 is 3.91. The molecule has 18 heavy (non-hydrogen) atoms. The Morgan fingerprint density at radius 3 is 2.89 bits per heavy atom. The standard InChI is InChI=1S/C13H13ClN4/c1-17-13-5-3-2-4-11(13)12(16-17)8-18-7-10(6-14)15-9-18/h2-5,7,9H,6,8H2,1H3. The van der Waals surface area contributed by atoms with Gasteiger partial charge in [-0.2, -0.15) is 5.10 Å². The molecular weight excluding hydrogens is 248 g/mol. The molecule has 0 N–H and O–H groups in total. The lowest BCUT2D eigenvalue weighted by atomic mass is 10.2.